The Labute approximate surface area is 113 Å². The Kier molecular flexibility index (Phi) is 6.21. The Morgan fingerprint density at radius 2 is 2.12 bits per heavy atom. The van der Waals surface area contributed by atoms with Gasteiger partial charge in [-0.2, -0.15) is 0 Å². The lowest BCUT2D eigenvalue weighted by Crippen LogP contribution is -2.30. The van der Waals surface area contributed by atoms with E-state index in [9.17, 15) is 9.59 Å². The zero-order valence-electron chi connectivity index (χ0n) is 9.59. The highest BCUT2D eigenvalue weighted by atomic mass is 79.9. The van der Waals surface area contributed by atoms with Gasteiger partial charge in [0, 0.05) is 24.0 Å². The van der Waals surface area contributed by atoms with E-state index in [4.69, 9.17) is 0 Å². The first-order valence-electron chi connectivity index (χ1n) is 5.43. The maximum Gasteiger partial charge on any atom is 0.262 e. The number of carbonyl (C=O) groups excluding carboxylic acids is 2. The van der Waals surface area contributed by atoms with Crippen LogP contribution in [0.25, 0.3) is 0 Å². The van der Waals surface area contributed by atoms with Crippen LogP contribution in [0.15, 0.2) is 15.9 Å². The maximum atomic E-state index is 11.7. The molecule has 0 spiro atoms. The van der Waals surface area contributed by atoms with Crippen molar-refractivity contribution in [2.45, 2.75) is 19.8 Å². The molecule has 4 nitrogen and oxygen atoms in total. The number of hydrogen-bond acceptors (Lipinski definition) is 3. The quantitative estimate of drug-likeness (QED) is 0.844. The summed E-state index contributed by atoms with van der Waals surface area (Å²) in [4.78, 5) is 23.6. The lowest BCUT2D eigenvalue weighted by Gasteiger charge is -2.05. The van der Waals surface area contributed by atoms with Crippen molar-refractivity contribution in [2.75, 3.05) is 13.1 Å². The third-order valence-electron chi connectivity index (χ3n) is 2.03. The SMILES string of the molecule is CCCNC(=O)CCNC(=O)c1sccc1Br. The smallest absolute Gasteiger partial charge is 0.262 e. The summed E-state index contributed by atoms with van der Waals surface area (Å²) in [6, 6.07) is 1.83. The first kappa shape index (κ1) is 14.2. The Morgan fingerprint density at radius 1 is 1.35 bits per heavy atom. The van der Waals surface area contributed by atoms with E-state index in [2.05, 4.69) is 26.6 Å². The molecule has 0 atom stereocenters. The number of amides is 2. The van der Waals surface area contributed by atoms with E-state index in [1.807, 2.05) is 18.4 Å². The summed E-state index contributed by atoms with van der Waals surface area (Å²) in [6.45, 7) is 3.04. The Hall–Kier alpha value is -0.880. The molecule has 0 aromatic carbocycles. The molecule has 0 aliphatic heterocycles. The van der Waals surface area contributed by atoms with Crippen molar-refractivity contribution in [3.05, 3.63) is 20.8 Å². The van der Waals surface area contributed by atoms with Crippen molar-refractivity contribution in [3.63, 3.8) is 0 Å². The molecule has 17 heavy (non-hydrogen) atoms. The van der Waals surface area contributed by atoms with Gasteiger partial charge in [0.25, 0.3) is 5.91 Å². The summed E-state index contributed by atoms with van der Waals surface area (Å²) in [5.74, 6) is -0.174. The average molecular weight is 319 g/mol. The van der Waals surface area contributed by atoms with Crippen LogP contribution in [-0.4, -0.2) is 24.9 Å². The first-order chi connectivity index (χ1) is 8.15. The molecule has 0 aliphatic rings. The van der Waals surface area contributed by atoms with Gasteiger partial charge in [-0.3, -0.25) is 9.59 Å². The molecule has 1 aromatic heterocycles. The van der Waals surface area contributed by atoms with Gasteiger partial charge in [0.05, 0.1) is 0 Å². The van der Waals surface area contributed by atoms with Crippen LogP contribution < -0.4 is 10.6 Å². The fourth-order valence-corrected chi connectivity index (χ4v) is 2.65. The van der Waals surface area contributed by atoms with Crippen LogP contribution in [0.3, 0.4) is 0 Å². The van der Waals surface area contributed by atoms with E-state index in [1.54, 1.807) is 0 Å². The molecule has 0 unspecified atom stereocenters. The molecule has 0 saturated carbocycles. The second-order valence-corrected chi connectivity index (χ2v) is 5.22. The number of nitrogens with one attached hydrogen (secondary N) is 2. The summed E-state index contributed by atoms with van der Waals surface area (Å²) in [5, 5.41) is 7.31. The van der Waals surface area contributed by atoms with Gasteiger partial charge in [-0.05, 0) is 33.8 Å². The molecule has 6 heteroatoms. The molecular weight excluding hydrogens is 304 g/mol. The van der Waals surface area contributed by atoms with Crippen LogP contribution >= 0.6 is 27.3 Å². The van der Waals surface area contributed by atoms with Crippen molar-refractivity contribution in [2.24, 2.45) is 0 Å². The summed E-state index contributed by atoms with van der Waals surface area (Å²) in [6.07, 6.45) is 1.23. The predicted octanol–water partition coefficient (Wildman–Crippen LogP) is 2.16. The fraction of sp³-hybridized carbons (Fsp3) is 0.455. The number of hydrogen-bond donors (Lipinski definition) is 2. The zero-order chi connectivity index (χ0) is 12.7. The van der Waals surface area contributed by atoms with Crippen LogP contribution in [0.4, 0.5) is 0 Å². The second-order valence-electron chi connectivity index (χ2n) is 3.45. The Morgan fingerprint density at radius 3 is 2.71 bits per heavy atom. The van der Waals surface area contributed by atoms with Crippen LogP contribution in [0.2, 0.25) is 0 Å². The van der Waals surface area contributed by atoms with Crippen molar-refractivity contribution < 1.29 is 9.59 Å². The van der Waals surface area contributed by atoms with E-state index in [0.717, 1.165) is 10.9 Å². The van der Waals surface area contributed by atoms with Gasteiger partial charge in [0.1, 0.15) is 4.88 Å². The van der Waals surface area contributed by atoms with Gasteiger partial charge < -0.3 is 10.6 Å². The molecule has 0 aliphatic carbocycles. The van der Waals surface area contributed by atoms with E-state index in [0.29, 0.717) is 24.4 Å². The molecule has 94 valence electrons. The number of halogens is 1. The minimum atomic E-state index is -0.143. The highest BCUT2D eigenvalue weighted by Crippen LogP contribution is 2.22. The summed E-state index contributed by atoms with van der Waals surface area (Å²) < 4.78 is 0.787. The summed E-state index contributed by atoms with van der Waals surface area (Å²) >= 11 is 4.66. The minimum Gasteiger partial charge on any atom is -0.356 e. The standard InChI is InChI=1S/C11H15BrN2O2S/c1-2-5-13-9(15)3-6-14-11(16)10-8(12)4-7-17-10/h4,7H,2-3,5-6H2,1H3,(H,13,15)(H,14,16). The van der Waals surface area contributed by atoms with Crippen LogP contribution in [0, 0.1) is 0 Å². The van der Waals surface area contributed by atoms with E-state index in [1.165, 1.54) is 11.3 Å². The summed E-state index contributed by atoms with van der Waals surface area (Å²) in [7, 11) is 0. The highest BCUT2D eigenvalue weighted by molar-refractivity contribution is 9.10. The van der Waals surface area contributed by atoms with Gasteiger partial charge in [-0.1, -0.05) is 6.92 Å². The largest absolute Gasteiger partial charge is 0.356 e. The van der Waals surface area contributed by atoms with E-state index < -0.39 is 0 Å². The Bertz CT molecular complexity index is 393. The number of rotatable bonds is 6. The molecule has 0 fully saturated rings. The van der Waals surface area contributed by atoms with Crippen LogP contribution in [0.5, 0.6) is 0 Å². The number of thiophene rings is 1. The molecule has 0 radical (unpaired) electrons. The lowest BCUT2D eigenvalue weighted by molar-refractivity contribution is -0.120. The molecule has 1 aromatic rings. The Balaban J connectivity index is 2.25. The van der Waals surface area contributed by atoms with E-state index in [-0.39, 0.29) is 11.8 Å². The van der Waals surface area contributed by atoms with Crippen molar-refractivity contribution >= 4 is 39.1 Å². The normalized spacial score (nSPS) is 10.0. The average Bonchev–Trinajstić information content (AvgIpc) is 2.72. The molecule has 1 heterocycles. The third kappa shape index (κ3) is 4.87. The molecule has 2 N–H and O–H groups in total. The highest BCUT2D eigenvalue weighted by Gasteiger charge is 2.11. The monoisotopic (exact) mass is 318 g/mol. The molecule has 0 saturated heterocycles. The zero-order valence-corrected chi connectivity index (χ0v) is 12.0. The van der Waals surface area contributed by atoms with Crippen molar-refractivity contribution in [3.8, 4) is 0 Å². The van der Waals surface area contributed by atoms with Crippen LogP contribution in [-0.2, 0) is 4.79 Å². The minimum absolute atomic E-state index is 0.0302. The lowest BCUT2D eigenvalue weighted by atomic mass is 10.3. The fourth-order valence-electron chi connectivity index (χ4n) is 1.18. The van der Waals surface area contributed by atoms with Crippen molar-refractivity contribution in [1.82, 2.24) is 10.6 Å². The second kappa shape index (κ2) is 7.45. The summed E-state index contributed by atoms with van der Waals surface area (Å²) in [5.41, 5.74) is 0. The third-order valence-corrected chi connectivity index (χ3v) is 3.87. The van der Waals surface area contributed by atoms with Gasteiger partial charge >= 0.3 is 0 Å². The topological polar surface area (TPSA) is 58.2 Å². The van der Waals surface area contributed by atoms with Gasteiger partial charge in [0.15, 0.2) is 0 Å². The van der Waals surface area contributed by atoms with Gasteiger partial charge in [0.2, 0.25) is 5.91 Å². The van der Waals surface area contributed by atoms with E-state index >= 15 is 0 Å². The number of carbonyl (C=O) groups is 2. The van der Waals surface area contributed by atoms with Gasteiger partial charge in [-0.15, -0.1) is 11.3 Å². The van der Waals surface area contributed by atoms with Gasteiger partial charge in [-0.25, -0.2) is 0 Å². The maximum absolute atomic E-state index is 11.7. The molecule has 2 amide bonds. The molecular formula is C11H15BrN2O2S. The molecule has 0 bridgehead atoms. The predicted molar refractivity (Wildman–Crippen MR) is 72.3 cm³/mol. The van der Waals surface area contributed by atoms with Crippen LogP contribution in [0.1, 0.15) is 29.4 Å². The van der Waals surface area contributed by atoms with Crippen molar-refractivity contribution in [1.29, 1.82) is 0 Å². The first-order valence-corrected chi connectivity index (χ1v) is 7.10. The molecule has 1 rings (SSSR count).